The van der Waals surface area contributed by atoms with Crippen molar-refractivity contribution in [2.24, 2.45) is 0 Å². The summed E-state index contributed by atoms with van der Waals surface area (Å²) < 4.78 is 37.1. The fourth-order valence-corrected chi connectivity index (χ4v) is 2.17. The number of carbonyl (C=O) groups is 1. The minimum atomic E-state index is -4.20. The number of nitrogens with one attached hydrogen (secondary N) is 1. The van der Waals surface area contributed by atoms with E-state index >= 15 is 0 Å². The van der Waals surface area contributed by atoms with Crippen LogP contribution in [0, 0.1) is 0 Å². The van der Waals surface area contributed by atoms with Gasteiger partial charge in [0.25, 0.3) is 0 Å². The van der Waals surface area contributed by atoms with Crippen molar-refractivity contribution < 1.29 is 18.0 Å². The van der Waals surface area contributed by atoms with Gasteiger partial charge in [-0.1, -0.05) is 6.92 Å². The number of hydrogen-bond donors (Lipinski definition) is 1. The molecule has 0 aromatic heterocycles. The van der Waals surface area contributed by atoms with Crippen LogP contribution in [0.15, 0.2) is 0 Å². The van der Waals surface area contributed by atoms with E-state index in [2.05, 4.69) is 5.32 Å². The summed E-state index contributed by atoms with van der Waals surface area (Å²) >= 11 is 0. The van der Waals surface area contributed by atoms with E-state index in [9.17, 15) is 18.0 Å². The third-order valence-electron chi connectivity index (χ3n) is 3.05. The van der Waals surface area contributed by atoms with Gasteiger partial charge in [-0.2, -0.15) is 13.2 Å². The predicted octanol–water partition coefficient (Wildman–Crippen LogP) is 1.08. The van der Waals surface area contributed by atoms with E-state index in [0.29, 0.717) is 26.1 Å². The van der Waals surface area contributed by atoms with Crippen LogP contribution in [0.4, 0.5) is 13.2 Å². The molecule has 0 aliphatic carbocycles. The first-order valence-electron chi connectivity index (χ1n) is 6.70. The molecule has 19 heavy (non-hydrogen) atoms. The summed E-state index contributed by atoms with van der Waals surface area (Å²) in [5, 5.41) is 3.13. The highest BCUT2D eigenvalue weighted by molar-refractivity contribution is 5.76. The van der Waals surface area contributed by atoms with Gasteiger partial charge in [0.2, 0.25) is 5.91 Å². The normalized spacial score (nSPS) is 17.0. The smallest absolute Gasteiger partial charge is 0.340 e. The van der Waals surface area contributed by atoms with E-state index < -0.39 is 12.7 Å². The van der Waals surface area contributed by atoms with E-state index in [0.717, 1.165) is 13.1 Å². The number of nitrogens with zero attached hydrogens (tertiary/aromatic N) is 2. The van der Waals surface area contributed by atoms with Crippen molar-refractivity contribution in [2.45, 2.75) is 25.9 Å². The van der Waals surface area contributed by atoms with Crippen molar-refractivity contribution in [1.29, 1.82) is 0 Å². The highest BCUT2D eigenvalue weighted by Gasteiger charge is 2.30. The summed E-state index contributed by atoms with van der Waals surface area (Å²) in [7, 11) is 0. The molecule has 4 nitrogen and oxygen atoms in total. The zero-order valence-corrected chi connectivity index (χ0v) is 11.3. The Hall–Kier alpha value is -0.820. The average Bonchev–Trinajstić information content (AvgIpc) is 2.35. The van der Waals surface area contributed by atoms with Gasteiger partial charge in [-0.25, -0.2) is 0 Å². The van der Waals surface area contributed by atoms with E-state index in [1.807, 2.05) is 6.92 Å². The van der Waals surface area contributed by atoms with E-state index in [1.54, 1.807) is 4.90 Å². The largest absolute Gasteiger partial charge is 0.401 e. The van der Waals surface area contributed by atoms with Gasteiger partial charge in [0.1, 0.15) is 0 Å². The van der Waals surface area contributed by atoms with Crippen LogP contribution in [0.5, 0.6) is 0 Å². The summed E-state index contributed by atoms with van der Waals surface area (Å²) in [6, 6.07) is 0. The maximum absolute atomic E-state index is 12.4. The zero-order chi connectivity index (χ0) is 14.3. The van der Waals surface area contributed by atoms with Gasteiger partial charge in [0.05, 0.1) is 6.54 Å². The molecule has 0 radical (unpaired) electrons. The van der Waals surface area contributed by atoms with Crippen LogP contribution >= 0.6 is 0 Å². The molecule has 0 aromatic rings. The number of rotatable bonds is 6. The number of amides is 1. The molecule has 1 aliphatic rings. The Balaban J connectivity index is 2.35. The third kappa shape index (κ3) is 6.77. The van der Waals surface area contributed by atoms with E-state index in [1.165, 1.54) is 4.90 Å². The Labute approximate surface area is 111 Å². The second-order valence-corrected chi connectivity index (χ2v) is 4.77. The van der Waals surface area contributed by atoms with Crippen LogP contribution in [-0.2, 0) is 4.79 Å². The molecule has 0 aromatic carbocycles. The molecule has 1 amide bonds. The van der Waals surface area contributed by atoms with Crippen LogP contribution in [0.2, 0.25) is 0 Å². The van der Waals surface area contributed by atoms with Crippen molar-refractivity contribution in [1.82, 2.24) is 15.1 Å². The topological polar surface area (TPSA) is 35.6 Å². The van der Waals surface area contributed by atoms with Gasteiger partial charge in [0.15, 0.2) is 0 Å². The SMILES string of the molecule is CCCN(CCC(=O)N1CCNCC1)CC(F)(F)F. The van der Waals surface area contributed by atoms with Crippen LogP contribution in [-0.4, -0.2) is 67.7 Å². The van der Waals surface area contributed by atoms with Gasteiger partial charge in [-0.05, 0) is 13.0 Å². The summed E-state index contributed by atoms with van der Waals surface area (Å²) in [4.78, 5) is 14.9. The highest BCUT2D eigenvalue weighted by atomic mass is 19.4. The van der Waals surface area contributed by atoms with Gasteiger partial charge in [-0.15, -0.1) is 0 Å². The first-order valence-corrected chi connectivity index (χ1v) is 6.70. The first-order chi connectivity index (χ1) is 8.92. The van der Waals surface area contributed by atoms with Crippen molar-refractivity contribution >= 4 is 5.91 Å². The third-order valence-corrected chi connectivity index (χ3v) is 3.05. The molecular weight excluding hydrogens is 259 g/mol. The fraction of sp³-hybridized carbons (Fsp3) is 0.917. The Morgan fingerprint density at radius 1 is 1.26 bits per heavy atom. The molecular formula is C12H22F3N3O. The predicted molar refractivity (Wildman–Crippen MR) is 66.9 cm³/mol. The molecule has 112 valence electrons. The summed E-state index contributed by atoms with van der Waals surface area (Å²) in [5.41, 5.74) is 0. The van der Waals surface area contributed by atoms with E-state index in [4.69, 9.17) is 0 Å². The van der Waals surface area contributed by atoms with Crippen LogP contribution < -0.4 is 5.32 Å². The summed E-state index contributed by atoms with van der Waals surface area (Å²) in [6.07, 6.45) is -3.39. The number of carbonyl (C=O) groups excluding carboxylic acids is 1. The average molecular weight is 281 g/mol. The molecule has 1 heterocycles. The van der Waals surface area contributed by atoms with Crippen LogP contribution in [0.3, 0.4) is 0 Å². The Bertz CT molecular complexity index is 278. The standard InChI is InChI=1S/C12H22F3N3O/c1-2-6-17(10-12(13,14)15)7-3-11(19)18-8-4-16-5-9-18/h16H,2-10H2,1H3. The molecule has 1 N–H and O–H groups in total. The summed E-state index contributed by atoms with van der Waals surface area (Å²) in [6.45, 7) is 4.25. The minimum Gasteiger partial charge on any atom is -0.340 e. The molecule has 1 aliphatic heterocycles. The molecule has 0 saturated carbocycles. The van der Waals surface area contributed by atoms with Gasteiger partial charge in [0, 0.05) is 39.1 Å². The van der Waals surface area contributed by atoms with Crippen LogP contribution in [0.1, 0.15) is 19.8 Å². The van der Waals surface area contributed by atoms with Gasteiger partial charge >= 0.3 is 6.18 Å². The Morgan fingerprint density at radius 2 is 1.89 bits per heavy atom. The van der Waals surface area contributed by atoms with E-state index in [-0.39, 0.29) is 18.9 Å². The quantitative estimate of drug-likeness (QED) is 0.791. The fourth-order valence-electron chi connectivity index (χ4n) is 2.17. The minimum absolute atomic E-state index is 0.0511. The van der Waals surface area contributed by atoms with Gasteiger partial charge < -0.3 is 10.2 Å². The Morgan fingerprint density at radius 3 is 2.42 bits per heavy atom. The zero-order valence-electron chi connectivity index (χ0n) is 11.3. The highest BCUT2D eigenvalue weighted by Crippen LogP contribution is 2.17. The monoisotopic (exact) mass is 281 g/mol. The lowest BCUT2D eigenvalue weighted by atomic mass is 10.2. The molecule has 0 spiro atoms. The molecule has 7 heteroatoms. The molecule has 0 unspecified atom stereocenters. The van der Waals surface area contributed by atoms with Crippen molar-refractivity contribution in [3.8, 4) is 0 Å². The van der Waals surface area contributed by atoms with Gasteiger partial charge in [-0.3, -0.25) is 9.69 Å². The second kappa shape index (κ2) is 7.69. The molecule has 1 fully saturated rings. The maximum Gasteiger partial charge on any atom is 0.401 e. The molecule has 0 bridgehead atoms. The molecule has 1 saturated heterocycles. The lowest BCUT2D eigenvalue weighted by Crippen LogP contribution is -2.47. The molecule has 0 atom stereocenters. The lowest BCUT2D eigenvalue weighted by molar-refractivity contribution is -0.148. The van der Waals surface area contributed by atoms with Crippen molar-refractivity contribution in [2.75, 3.05) is 45.8 Å². The maximum atomic E-state index is 12.4. The number of alkyl halides is 3. The first kappa shape index (κ1) is 16.2. The summed E-state index contributed by atoms with van der Waals surface area (Å²) in [5.74, 6) is -0.0511. The number of halogens is 3. The number of piperazine rings is 1. The number of hydrogen-bond acceptors (Lipinski definition) is 3. The second-order valence-electron chi connectivity index (χ2n) is 4.77. The lowest BCUT2D eigenvalue weighted by Gasteiger charge is -2.29. The Kier molecular flexibility index (Phi) is 6.57. The van der Waals surface area contributed by atoms with Crippen molar-refractivity contribution in [3.05, 3.63) is 0 Å². The van der Waals surface area contributed by atoms with Crippen molar-refractivity contribution in [3.63, 3.8) is 0 Å². The molecule has 1 rings (SSSR count). The van der Waals surface area contributed by atoms with Crippen LogP contribution in [0.25, 0.3) is 0 Å².